The molecule has 5 nitrogen and oxygen atoms in total. The molecule has 0 unspecified atom stereocenters. The Hall–Kier alpha value is -4.25. The lowest BCUT2D eigenvalue weighted by molar-refractivity contribution is -0.128. The molecule has 0 spiro atoms. The number of nitrogens with one attached hydrogen (secondary N) is 2. The van der Waals surface area contributed by atoms with Crippen LogP contribution in [0, 0.1) is 0 Å². The van der Waals surface area contributed by atoms with Gasteiger partial charge in [0.25, 0.3) is 5.91 Å². The van der Waals surface area contributed by atoms with Crippen molar-refractivity contribution in [1.82, 2.24) is 0 Å². The molecule has 5 rings (SSSR count). The first-order valence-corrected chi connectivity index (χ1v) is 11.4. The van der Waals surface area contributed by atoms with Crippen molar-refractivity contribution in [3.63, 3.8) is 0 Å². The number of para-hydroxylation sites is 1. The van der Waals surface area contributed by atoms with Crippen LogP contribution >= 0.6 is 0 Å². The maximum Gasteiger partial charge on any atom is 0.267 e. The SMILES string of the molecule is CC(C)(Oc1ccccc1)C(=O)Nc1ccc(N2C=CCNc3c2ccc2ccccc32)cc1. The second-order valence-electron chi connectivity index (χ2n) is 8.74. The van der Waals surface area contributed by atoms with Crippen LogP contribution < -0.4 is 20.3 Å². The van der Waals surface area contributed by atoms with Gasteiger partial charge in [-0.1, -0.05) is 48.5 Å². The Morgan fingerprint density at radius 2 is 1.65 bits per heavy atom. The second-order valence-corrected chi connectivity index (χ2v) is 8.74. The summed E-state index contributed by atoms with van der Waals surface area (Å²) in [4.78, 5) is 15.1. The molecule has 0 aromatic heterocycles. The molecule has 0 fully saturated rings. The number of rotatable bonds is 5. The molecular formula is C29H27N3O2. The highest BCUT2D eigenvalue weighted by atomic mass is 16.5. The minimum Gasteiger partial charge on any atom is -0.478 e. The summed E-state index contributed by atoms with van der Waals surface area (Å²) >= 11 is 0. The Labute approximate surface area is 199 Å². The van der Waals surface area contributed by atoms with Crippen molar-refractivity contribution in [1.29, 1.82) is 0 Å². The largest absolute Gasteiger partial charge is 0.478 e. The third-order valence-electron chi connectivity index (χ3n) is 5.88. The molecule has 5 heteroatoms. The summed E-state index contributed by atoms with van der Waals surface area (Å²) in [5.74, 6) is 0.450. The molecule has 0 bridgehead atoms. The van der Waals surface area contributed by atoms with Crippen molar-refractivity contribution in [3.8, 4) is 5.75 Å². The average molecular weight is 450 g/mol. The van der Waals surface area contributed by atoms with Crippen LogP contribution in [-0.2, 0) is 4.79 Å². The van der Waals surface area contributed by atoms with Gasteiger partial charge >= 0.3 is 0 Å². The maximum atomic E-state index is 12.9. The van der Waals surface area contributed by atoms with E-state index in [4.69, 9.17) is 4.74 Å². The Morgan fingerprint density at radius 1 is 0.912 bits per heavy atom. The first kappa shape index (κ1) is 21.6. The van der Waals surface area contributed by atoms with E-state index in [-0.39, 0.29) is 5.91 Å². The standard InChI is InChI=1S/C29H27N3O2/c1-29(2,34-24-10-4-3-5-11-24)28(33)31-22-14-16-23(17-15-22)32-20-8-19-30-27-25-12-7-6-9-21(25)13-18-26(27)32/h3-18,20,30H,19H2,1-2H3,(H,31,33). The predicted molar refractivity (Wildman–Crippen MR) is 140 cm³/mol. The summed E-state index contributed by atoms with van der Waals surface area (Å²) in [7, 11) is 0. The summed E-state index contributed by atoms with van der Waals surface area (Å²) in [5.41, 5.74) is 2.91. The molecule has 0 saturated heterocycles. The first-order valence-electron chi connectivity index (χ1n) is 11.4. The van der Waals surface area contributed by atoms with Crippen LogP contribution in [0.2, 0.25) is 0 Å². The number of fused-ring (bicyclic) bond motifs is 3. The van der Waals surface area contributed by atoms with Gasteiger partial charge in [-0.2, -0.15) is 0 Å². The van der Waals surface area contributed by atoms with Crippen molar-refractivity contribution in [2.45, 2.75) is 19.4 Å². The molecule has 0 saturated carbocycles. The van der Waals surface area contributed by atoms with Crippen LogP contribution in [0.25, 0.3) is 10.8 Å². The van der Waals surface area contributed by atoms with Crippen LogP contribution in [-0.4, -0.2) is 18.1 Å². The van der Waals surface area contributed by atoms with E-state index < -0.39 is 5.60 Å². The Bertz CT molecular complexity index is 1350. The fourth-order valence-corrected chi connectivity index (χ4v) is 4.09. The molecule has 1 aliphatic rings. The van der Waals surface area contributed by atoms with Gasteiger partial charge in [0.05, 0.1) is 11.4 Å². The number of hydrogen-bond acceptors (Lipinski definition) is 4. The minimum atomic E-state index is -1.01. The van der Waals surface area contributed by atoms with Gasteiger partial charge in [0.2, 0.25) is 0 Å². The molecule has 0 atom stereocenters. The Balaban J connectivity index is 1.36. The van der Waals surface area contributed by atoms with Crippen LogP contribution in [0.3, 0.4) is 0 Å². The summed E-state index contributed by atoms with van der Waals surface area (Å²) in [5, 5.41) is 8.91. The third-order valence-corrected chi connectivity index (χ3v) is 5.88. The molecule has 1 heterocycles. The van der Waals surface area contributed by atoms with Gasteiger partial charge in [0.15, 0.2) is 5.60 Å². The molecule has 0 aliphatic carbocycles. The monoisotopic (exact) mass is 449 g/mol. The van der Waals surface area contributed by atoms with Crippen LogP contribution in [0.15, 0.2) is 103 Å². The second kappa shape index (κ2) is 8.94. The average Bonchev–Trinajstić information content (AvgIpc) is 3.08. The number of benzene rings is 4. The van der Waals surface area contributed by atoms with Crippen LogP contribution in [0.4, 0.5) is 22.7 Å². The topological polar surface area (TPSA) is 53.6 Å². The number of carbonyl (C=O) groups excluding carboxylic acids is 1. The molecule has 4 aromatic rings. The third kappa shape index (κ3) is 4.33. The summed E-state index contributed by atoms with van der Waals surface area (Å²) in [6, 6.07) is 29.9. The minimum absolute atomic E-state index is 0.209. The fraction of sp³-hybridized carbons (Fsp3) is 0.138. The van der Waals surface area contributed by atoms with E-state index in [1.165, 1.54) is 10.8 Å². The molecule has 1 aliphatic heterocycles. The first-order chi connectivity index (χ1) is 16.5. The number of hydrogen-bond donors (Lipinski definition) is 2. The number of nitrogens with zero attached hydrogens (tertiary/aromatic N) is 1. The normalized spacial score (nSPS) is 13.1. The lowest BCUT2D eigenvalue weighted by atomic mass is 10.1. The van der Waals surface area contributed by atoms with E-state index >= 15 is 0 Å². The zero-order chi connectivity index (χ0) is 23.5. The van der Waals surface area contributed by atoms with E-state index in [9.17, 15) is 4.79 Å². The molecule has 34 heavy (non-hydrogen) atoms. The van der Waals surface area contributed by atoms with Gasteiger partial charge < -0.3 is 20.3 Å². The van der Waals surface area contributed by atoms with Crippen molar-refractivity contribution >= 4 is 39.4 Å². The molecule has 1 amide bonds. The summed E-state index contributed by atoms with van der Waals surface area (Å²) in [6.07, 6.45) is 4.19. The van der Waals surface area contributed by atoms with E-state index in [0.29, 0.717) is 11.4 Å². The molecule has 0 radical (unpaired) electrons. The smallest absolute Gasteiger partial charge is 0.267 e. The van der Waals surface area contributed by atoms with E-state index in [0.717, 1.165) is 23.6 Å². The lowest BCUT2D eigenvalue weighted by Crippen LogP contribution is -2.42. The summed E-state index contributed by atoms with van der Waals surface area (Å²) in [6.45, 7) is 4.28. The van der Waals surface area contributed by atoms with Gasteiger partial charge in [-0.05, 0) is 67.8 Å². The van der Waals surface area contributed by atoms with Gasteiger partial charge in [-0.15, -0.1) is 0 Å². The maximum absolute atomic E-state index is 12.9. The van der Waals surface area contributed by atoms with Crippen LogP contribution in [0.1, 0.15) is 13.8 Å². The molecular weight excluding hydrogens is 422 g/mol. The highest BCUT2D eigenvalue weighted by Gasteiger charge is 2.30. The molecule has 170 valence electrons. The van der Waals surface area contributed by atoms with Gasteiger partial charge in [-0.25, -0.2) is 0 Å². The quantitative estimate of drug-likeness (QED) is 0.355. The van der Waals surface area contributed by atoms with E-state index in [1.54, 1.807) is 13.8 Å². The number of ether oxygens (including phenoxy) is 1. The Morgan fingerprint density at radius 3 is 2.44 bits per heavy atom. The van der Waals surface area contributed by atoms with Gasteiger partial charge in [0.1, 0.15) is 5.75 Å². The number of anilines is 4. The van der Waals surface area contributed by atoms with Crippen molar-refractivity contribution in [2.75, 3.05) is 22.1 Å². The highest BCUT2D eigenvalue weighted by molar-refractivity contribution is 6.02. The van der Waals surface area contributed by atoms with Crippen molar-refractivity contribution in [2.24, 2.45) is 0 Å². The predicted octanol–water partition coefficient (Wildman–Crippen LogP) is 6.71. The van der Waals surface area contributed by atoms with E-state index in [1.807, 2.05) is 54.6 Å². The number of carbonyl (C=O) groups is 1. The zero-order valence-electron chi connectivity index (χ0n) is 19.3. The molecule has 4 aromatic carbocycles. The fourth-order valence-electron chi connectivity index (χ4n) is 4.09. The Kier molecular flexibility index (Phi) is 5.68. The van der Waals surface area contributed by atoms with Crippen molar-refractivity contribution < 1.29 is 9.53 Å². The zero-order valence-corrected chi connectivity index (χ0v) is 19.3. The van der Waals surface area contributed by atoms with Crippen molar-refractivity contribution in [3.05, 3.63) is 103 Å². The van der Waals surface area contributed by atoms with Crippen LogP contribution in [0.5, 0.6) is 5.75 Å². The number of amides is 1. The lowest BCUT2D eigenvalue weighted by Gasteiger charge is -2.26. The molecule has 2 N–H and O–H groups in total. The highest BCUT2D eigenvalue weighted by Crippen LogP contribution is 2.39. The van der Waals surface area contributed by atoms with E-state index in [2.05, 4.69) is 64.2 Å². The van der Waals surface area contributed by atoms with Gasteiger partial charge in [0, 0.05) is 29.5 Å². The van der Waals surface area contributed by atoms with Gasteiger partial charge in [-0.3, -0.25) is 4.79 Å². The summed E-state index contributed by atoms with van der Waals surface area (Å²) < 4.78 is 5.91.